The molecule has 218 valence electrons. The van der Waals surface area contributed by atoms with E-state index in [9.17, 15) is 9.59 Å². The van der Waals surface area contributed by atoms with Crippen LogP contribution in [-0.4, -0.2) is 45.2 Å². The van der Waals surface area contributed by atoms with Crippen molar-refractivity contribution in [3.63, 3.8) is 0 Å². The van der Waals surface area contributed by atoms with Crippen molar-refractivity contribution in [2.24, 2.45) is 0 Å². The molecule has 5 rings (SSSR count). The van der Waals surface area contributed by atoms with Crippen molar-refractivity contribution in [2.45, 2.75) is 47.0 Å². The van der Waals surface area contributed by atoms with Crippen LogP contribution in [0.1, 0.15) is 57.3 Å². The zero-order valence-corrected chi connectivity index (χ0v) is 25.3. The number of nitrogens with zero attached hydrogens (tertiary/aromatic N) is 1. The Morgan fingerprint density at radius 2 is 1.85 bits per heavy atom. The molecule has 1 fully saturated rings. The van der Waals surface area contributed by atoms with E-state index >= 15 is 0 Å². The first-order valence-corrected chi connectivity index (χ1v) is 15.3. The maximum atomic E-state index is 12.8. The molecule has 0 saturated carbocycles. The minimum Gasteiger partial charge on any atom is -0.486 e. The number of carbonyl (C=O) groups excluding carboxylic acids is 1. The molecule has 8 heteroatoms. The zero-order valence-electron chi connectivity index (χ0n) is 24.5. The first kappa shape index (κ1) is 30.3. The van der Waals surface area contributed by atoms with Gasteiger partial charge in [-0.2, -0.15) is 0 Å². The third-order valence-electron chi connectivity index (χ3n) is 6.91. The lowest BCUT2D eigenvalue weighted by Crippen LogP contribution is -2.43. The molecular formula is C33H40N2O5S. The van der Waals surface area contributed by atoms with Crippen molar-refractivity contribution in [2.75, 3.05) is 44.3 Å². The summed E-state index contributed by atoms with van der Waals surface area (Å²) in [6.45, 7) is 12.3. The molecule has 0 radical (unpaired) electrons. The summed E-state index contributed by atoms with van der Waals surface area (Å²) in [5, 5.41) is 5.21. The summed E-state index contributed by atoms with van der Waals surface area (Å²) in [5.41, 5.74) is 3.96. The van der Waals surface area contributed by atoms with E-state index in [4.69, 9.17) is 13.9 Å². The minimum absolute atomic E-state index is 0.0129. The third-order valence-corrected chi connectivity index (χ3v) is 7.89. The maximum absolute atomic E-state index is 12.8. The van der Waals surface area contributed by atoms with E-state index in [0.717, 1.165) is 50.1 Å². The number of fused-ring (bicyclic) bond motifs is 2. The molecule has 0 amide bonds. The van der Waals surface area contributed by atoms with E-state index in [2.05, 4.69) is 54.4 Å². The molecular weight excluding hydrogens is 536 g/mol. The van der Waals surface area contributed by atoms with Crippen LogP contribution in [0.25, 0.3) is 21.4 Å². The number of allylic oxidation sites excluding steroid dienone is 6. The number of rotatable bonds is 8. The Balaban J connectivity index is 0.000000301. The number of benzene rings is 1. The highest BCUT2D eigenvalue weighted by molar-refractivity contribution is 7.17. The van der Waals surface area contributed by atoms with Gasteiger partial charge in [-0.3, -0.25) is 9.59 Å². The molecule has 4 heterocycles. The summed E-state index contributed by atoms with van der Waals surface area (Å²) in [7, 11) is 0. The van der Waals surface area contributed by atoms with Crippen molar-refractivity contribution >= 4 is 33.3 Å². The fraction of sp³-hybridized carbons (Fsp3) is 0.394. The van der Waals surface area contributed by atoms with Gasteiger partial charge in [0.1, 0.15) is 17.9 Å². The molecule has 0 bridgehead atoms. The van der Waals surface area contributed by atoms with E-state index in [1.165, 1.54) is 16.9 Å². The average Bonchev–Trinajstić information content (AvgIpc) is 3.46. The van der Waals surface area contributed by atoms with Crippen LogP contribution >= 0.6 is 11.3 Å². The fourth-order valence-electron chi connectivity index (χ4n) is 4.66. The Kier molecular flexibility index (Phi) is 11.0. The highest BCUT2D eigenvalue weighted by atomic mass is 32.1. The minimum atomic E-state index is -0.0524. The molecule has 41 heavy (non-hydrogen) atoms. The predicted molar refractivity (Wildman–Crippen MR) is 169 cm³/mol. The lowest BCUT2D eigenvalue weighted by molar-refractivity contribution is 0.0977. The molecule has 1 aromatic carbocycles. The van der Waals surface area contributed by atoms with Crippen LogP contribution in [0, 0.1) is 0 Å². The second-order valence-electron chi connectivity index (χ2n) is 9.75. The summed E-state index contributed by atoms with van der Waals surface area (Å²) >= 11 is 1.35. The maximum Gasteiger partial charge on any atom is 0.204 e. The number of hydrogen-bond donors (Lipinski definition) is 1. The molecule has 2 aliphatic rings. The molecule has 1 saturated heterocycles. The van der Waals surface area contributed by atoms with Crippen LogP contribution < -0.4 is 25.1 Å². The van der Waals surface area contributed by atoms with Crippen molar-refractivity contribution < 1.29 is 18.7 Å². The van der Waals surface area contributed by atoms with E-state index in [1.807, 2.05) is 31.4 Å². The van der Waals surface area contributed by atoms with E-state index in [-0.39, 0.29) is 11.2 Å². The van der Waals surface area contributed by atoms with Crippen LogP contribution in [0.3, 0.4) is 0 Å². The number of hydrogen-bond acceptors (Lipinski definition) is 8. The zero-order chi connectivity index (χ0) is 29.2. The van der Waals surface area contributed by atoms with Gasteiger partial charge in [0.25, 0.3) is 0 Å². The van der Waals surface area contributed by atoms with Crippen LogP contribution in [0.2, 0.25) is 0 Å². The Hall–Kier alpha value is -3.62. The lowest BCUT2D eigenvalue weighted by Gasteiger charge is -2.27. The molecule has 7 nitrogen and oxygen atoms in total. The molecule has 3 aromatic rings. The normalized spacial score (nSPS) is 15.4. The Labute approximate surface area is 246 Å². The largest absolute Gasteiger partial charge is 0.486 e. The van der Waals surface area contributed by atoms with Crippen molar-refractivity contribution in [1.29, 1.82) is 0 Å². The van der Waals surface area contributed by atoms with Gasteiger partial charge in [0, 0.05) is 49.6 Å². The van der Waals surface area contributed by atoms with Gasteiger partial charge in [0.2, 0.25) is 5.43 Å². The Morgan fingerprint density at radius 1 is 1.07 bits per heavy atom. The van der Waals surface area contributed by atoms with Crippen LogP contribution in [-0.2, 0) is 0 Å². The molecule has 2 aliphatic heterocycles. The summed E-state index contributed by atoms with van der Waals surface area (Å²) in [4.78, 5) is 27.4. The smallest absolute Gasteiger partial charge is 0.204 e. The number of anilines is 1. The molecule has 2 aromatic heterocycles. The van der Waals surface area contributed by atoms with Gasteiger partial charge in [-0.25, -0.2) is 0 Å². The molecule has 0 spiro atoms. The van der Waals surface area contributed by atoms with E-state index in [0.29, 0.717) is 52.9 Å². The summed E-state index contributed by atoms with van der Waals surface area (Å²) in [6, 6.07) is 5.25. The van der Waals surface area contributed by atoms with Gasteiger partial charge >= 0.3 is 0 Å². The summed E-state index contributed by atoms with van der Waals surface area (Å²) < 4.78 is 18.3. The van der Waals surface area contributed by atoms with Gasteiger partial charge in [0.15, 0.2) is 28.7 Å². The molecule has 0 unspecified atom stereocenters. The van der Waals surface area contributed by atoms with Gasteiger partial charge in [0.05, 0.1) is 5.56 Å². The van der Waals surface area contributed by atoms with E-state index in [1.54, 1.807) is 6.07 Å². The number of nitrogens with one attached hydrogen (secondary N) is 1. The highest BCUT2D eigenvalue weighted by Crippen LogP contribution is 2.42. The number of ketones is 1. The SMILES string of the molecule is CCC(=O)c1cc(-c2csc3c(=O)cc(N4CCNCC4)oc23)cc2c1OCCO2.C\C=C/C=C(\C=C/CC)CC. The summed E-state index contributed by atoms with van der Waals surface area (Å²) in [6.07, 6.45) is 13.3. The standard InChI is InChI=1S/C22H22N2O5S.C11H18/c1-2-16(25)14-9-13(10-18-20(14)28-8-7-27-18)15-12-30-22-17(26)11-19(29-21(15)22)24-5-3-23-4-6-24;1-4-7-9-11(6-3)10-8-5-2/h9-12,23H,2-8H2,1H3;4,7-10H,5-6H2,1-3H3/b;7-4-,10-8-,11-9-. The van der Waals surface area contributed by atoms with Crippen molar-refractivity contribution in [3.8, 4) is 22.6 Å². The number of thiophene rings is 1. The van der Waals surface area contributed by atoms with Crippen molar-refractivity contribution in [3.05, 3.63) is 75.3 Å². The van der Waals surface area contributed by atoms with Gasteiger partial charge in [-0.05, 0) is 43.0 Å². The van der Waals surface area contributed by atoms with Gasteiger partial charge < -0.3 is 24.1 Å². The number of ether oxygens (including phenoxy) is 2. The average molecular weight is 577 g/mol. The number of Topliss-reactive ketones (excluding diaryl/α,β-unsaturated/α-hetero) is 1. The van der Waals surface area contributed by atoms with Crippen LogP contribution in [0.4, 0.5) is 5.88 Å². The van der Waals surface area contributed by atoms with Gasteiger partial charge in [-0.15, -0.1) is 11.3 Å². The molecule has 1 N–H and O–H groups in total. The van der Waals surface area contributed by atoms with Crippen molar-refractivity contribution in [1.82, 2.24) is 5.32 Å². The van der Waals surface area contributed by atoms with E-state index < -0.39 is 0 Å². The monoisotopic (exact) mass is 576 g/mol. The third kappa shape index (κ3) is 7.37. The topological polar surface area (TPSA) is 81.0 Å². The second kappa shape index (κ2) is 14.8. The number of carbonyl (C=O) groups is 1. The predicted octanol–water partition coefficient (Wildman–Crippen LogP) is 7.16. The first-order chi connectivity index (χ1) is 20.0. The molecule has 0 aliphatic carbocycles. The Bertz CT molecular complexity index is 1490. The van der Waals surface area contributed by atoms with Crippen LogP contribution in [0.5, 0.6) is 11.5 Å². The molecule has 0 atom stereocenters. The summed E-state index contributed by atoms with van der Waals surface area (Å²) in [5.74, 6) is 1.62. The highest BCUT2D eigenvalue weighted by Gasteiger charge is 2.24. The quantitative estimate of drug-likeness (QED) is 0.225. The Morgan fingerprint density at radius 3 is 2.56 bits per heavy atom. The van der Waals surface area contributed by atoms with Gasteiger partial charge in [-0.1, -0.05) is 51.2 Å². The number of piperazine rings is 1. The fourth-order valence-corrected chi connectivity index (χ4v) is 5.57. The first-order valence-electron chi connectivity index (χ1n) is 14.5. The second-order valence-corrected chi connectivity index (χ2v) is 10.6. The van der Waals surface area contributed by atoms with Crippen LogP contribution in [0.15, 0.2) is 68.7 Å². The lowest BCUT2D eigenvalue weighted by atomic mass is 9.99.